The molecule has 4 nitrogen and oxygen atoms in total. The number of hydrogen-bond donors (Lipinski definition) is 1. The van der Waals surface area contributed by atoms with Crippen LogP contribution in [0.4, 0.5) is 0 Å². The number of nitrogens with one attached hydrogen (secondary N) is 1. The molecule has 1 amide bonds. The molecule has 0 aromatic carbocycles. The molecule has 0 radical (unpaired) electrons. The average Bonchev–Trinajstić information content (AvgIpc) is 2.64. The van der Waals surface area contributed by atoms with Crippen LogP contribution in [0.2, 0.25) is 0 Å². The van der Waals surface area contributed by atoms with Crippen molar-refractivity contribution < 1.29 is 13.9 Å². The van der Waals surface area contributed by atoms with Gasteiger partial charge in [0.05, 0.1) is 0 Å². The molecule has 1 rings (SSSR count). The van der Waals surface area contributed by atoms with Crippen molar-refractivity contribution in [2.24, 2.45) is 0 Å². The maximum absolute atomic E-state index is 11.4. The average molecular weight is 276 g/mol. The van der Waals surface area contributed by atoms with Crippen molar-refractivity contribution in [1.82, 2.24) is 5.32 Å². The maximum Gasteiger partial charge on any atom is 0.287 e. The highest BCUT2D eigenvalue weighted by Crippen LogP contribution is 2.13. The Hall–Kier alpha value is -0.810. The number of methoxy groups -OCH3 is 1. The van der Waals surface area contributed by atoms with Crippen LogP contribution in [0.1, 0.15) is 23.4 Å². The highest BCUT2D eigenvalue weighted by Gasteiger charge is 2.08. The second-order valence-corrected chi connectivity index (χ2v) is 3.84. The minimum Gasteiger partial charge on any atom is -0.444 e. The molecule has 0 aliphatic rings. The van der Waals surface area contributed by atoms with E-state index in [0.717, 1.165) is 19.4 Å². The lowest BCUT2D eigenvalue weighted by molar-refractivity contribution is 0.0922. The summed E-state index contributed by atoms with van der Waals surface area (Å²) in [4.78, 5) is 11.4. The second kappa shape index (κ2) is 6.63. The topological polar surface area (TPSA) is 51.5 Å². The van der Waals surface area contributed by atoms with Crippen LogP contribution < -0.4 is 5.32 Å². The van der Waals surface area contributed by atoms with Crippen molar-refractivity contribution in [2.75, 3.05) is 20.3 Å². The Labute approximate surface area is 97.1 Å². The SMILES string of the molecule is COCCCCNC(=O)c1ccc(Br)o1. The number of amides is 1. The molecule has 15 heavy (non-hydrogen) atoms. The molecule has 0 spiro atoms. The van der Waals surface area contributed by atoms with Gasteiger partial charge in [0.15, 0.2) is 10.4 Å². The van der Waals surface area contributed by atoms with Crippen LogP contribution >= 0.6 is 15.9 Å². The van der Waals surface area contributed by atoms with Crippen molar-refractivity contribution in [3.63, 3.8) is 0 Å². The van der Waals surface area contributed by atoms with E-state index in [1.807, 2.05) is 0 Å². The summed E-state index contributed by atoms with van der Waals surface area (Å²) in [5.74, 6) is 0.145. The van der Waals surface area contributed by atoms with Crippen LogP contribution in [-0.2, 0) is 4.74 Å². The number of halogens is 1. The fourth-order valence-corrected chi connectivity index (χ4v) is 1.40. The third-order valence-corrected chi connectivity index (χ3v) is 2.28. The molecule has 1 aromatic heterocycles. The zero-order valence-electron chi connectivity index (χ0n) is 8.59. The second-order valence-electron chi connectivity index (χ2n) is 3.06. The number of rotatable bonds is 6. The first-order valence-electron chi connectivity index (χ1n) is 4.76. The Morgan fingerprint density at radius 3 is 2.93 bits per heavy atom. The van der Waals surface area contributed by atoms with Crippen molar-refractivity contribution in [2.45, 2.75) is 12.8 Å². The standard InChI is InChI=1S/C10H14BrNO3/c1-14-7-3-2-6-12-10(13)8-4-5-9(11)15-8/h4-5H,2-3,6-7H2,1H3,(H,12,13). The lowest BCUT2D eigenvalue weighted by Gasteiger charge is -2.02. The van der Waals surface area contributed by atoms with Gasteiger partial charge in [0.2, 0.25) is 0 Å². The molecule has 0 saturated heterocycles. The lowest BCUT2D eigenvalue weighted by atomic mass is 10.3. The first-order valence-corrected chi connectivity index (χ1v) is 5.56. The number of unbranched alkanes of at least 4 members (excludes halogenated alkanes) is 1. The van der Waals surface area contributed by atoms with Gasteiger partial charge in [0, 0.05) is 20.3 Å². The zero-order valence-corrected chi connectivity index (χ0v) is 10.2. The fourth-order valence-electron chi connectivity index (χ4n) is 1.10. The van der Waals surface area contributed by atoms with Gasteiger partial charge >= 0.3 is 0 Å². The third-order valence-electron chi connectivity index (χ3n) is 1.86. The molecule has 0 bridgehead atoms. The molecule has 0 fully saturated rings. The summed E-state index contributed by atoms with van der Waals surface area (Å²) in [5, 5.41) is 2.76. The molecule has 1 N–H and O–H groups in total. The van der Waals surface area contributed by atoms with Crippen LogP contribution in [0.3, 0.4) is 0 Å². The summed E-state index contributed by atoms with van der Waals surface area (Å²) in [6.45, 7) is 1.36. The Balaban J connectivity index is 2.19. The van der Waals surface area contributed by atoms with E-state index < -0.39 is 0 Å². The number of furan rings is 1. The van der Waals surface area contributed by atoms with Gasteiger partial charge in [-0.15, -0.1) is 0 Å². The Bertz CT molecular complexity index is 311. The van der Waals surface area contributed by atoms with Gasteiger partial charge < -0.3 is 14.5 Å². The smallest absolute Gasteiger partial charge is 0.287 e. The molecule has 0 unspecified atom stereocenters. The van der Waals surface area contributed by atoms with Crippen LogP contribution in [0, 0.1) is 0 Å². The molecule has 0 atom stereocenters. The van der Waals surface area contributed by atoms with E-state index in [1.165, 1.54) is 0 Å². The predicted octanol–water partition coefficient (Wildman–Crippen LogP) is 2.20. The Morgan fingerprint density at radius 2 is 2.33 bits per heavy atom. The summed E-state index contributed by atoms with van der Waals surface area (Å²) in [6.07, 6.45) is 1.85. The summed E-state index contributed by atoms with van der Waals surface area (Å²) in [6, 6.07) is 3.33. The number of carbonyl (C=O) groups is 1. The molecule has 84 valence electrons. The molecule has 0 saturated carbocycles. The predicted molar refractivity (Wildman–Crippen MR) is 59.9 cm³/mol. The van der Waals surface area contributed by atoms with Crippen molar-refractivity contribution in [3.05, 3.63) is 22.6 Å². The largest absolute Gasteiger partial charge is 0.444 e. The number of hydrogen-bond acceptors (Lipinski definition) is 3. The van der Waals surface area contributed by atoms with E-state index in [-0.39, 0.29) is 5.91 Å². The molecule has 1 heterocycles. The third kappa shape index (κ3) is 4.48. The summed E-state index contributed by atoms with van der Waals surface area (Å²) in [5.41, 5.74) is 0. The van der Waals surface area contributed by atoms with Gasteiger partial charge in [-0.05, 0) is 40.9 Å². The molecular weight excluding hydrogens is 262 g/mol. The first kappa shape index (κ1) is 12.3. The van der Waals surface area contributed by atoms with E-state index >= 15 is 0 Å². The minimum atomic E-state index is -0.182. The Kier molecular flexibility index (Phi) is 5.42. The van der Waals surface area contributed by atoms with Gasteiger partial charge in [-0.2, -0.15) is 0 Å². The van der Waals surface area contributed by atoms with Crippen LogP contribution in [0.15, 0.2) is 21.2 Å². The Morgan fingerprint density at radius 1 is 1.53 bits per heavy atom. The molecular formula is C10H14BrNO3. The monoisotopic (exact) mass is 275 g/mol. The molecule has 5 heteroatoms. The molecule has 1 aromatic rings. The van der Waals surface area contributed by atoms with Crippen molar-refractivity contribution in [3.8, 4) is 0 Å². The van der Waals surface area contributed by atoms with E-state index in [1.54, 1.807) is 19.2 Å². The highest BCUT2D eigenvalue weighted by atomic mass is 79.9. The van der Waals surface area contributed by atoms with Crippen LogP contribution in [0.25, 0.3) is 0 Å². The normalized spacial score (nSPS) is 10.3. The molecule has 0 aliphatic heterocycles. The van der Waals surface area contributed by atoms with Crippen LogP contribution in [-0.4, -0.2) is 26.2 Å². The van der Waals surface area contributed by atoms with E-state index in [9.17, 15) is 4.79 Å². The summed E-state index contributed by atoms with van der Waals surface area (Å²) in [7, 11) is 1.67. The van der Waals surface area contributed by atoms with E-state index in [4.69, 9.17) is 9.15 Å². The number of ether oxygens (including phenoxy) is 1. The maximum atomic E-state index is 11.4. The lowest BCUT2D eigenvalue weighted by Crippen LogP contribution is -2.24. The number of carbonyl (C=O) groups excluding carboxylic acids is 1. The first-order chi connectivity index (χ1) is 7.24. The fraction of sp³-hybridized carbons (Fsp3) is 0.500. The quantitative estimate of drug-likeness (QED) is 0.810. The van der Waals surface area contributed by atoms with Crippen LogP contribution in [0.5, 0.6) is 0 Å². The van der Waals surface area contributed by atoms with E-state index in [2.05, 4.69) is 21.2 Å². The highest BCUT2D eigenvalue weighted by molar-refractivity contribution is 9.10. The van der Waals surface area contributed by atoms with Gasteiger partial charge in [0.1, 0.15) is 0 Å². The molecule has 0 aliphatic carbocycles. The summed E-state index contributed by atoms with van der Waals surface area (Å²) >= 11 is 3.14. The minimum absolute atomic E-state index is 0.182. The van der Waals surface area contributed by atoms with Gasteiger partial charge in [-0.1, -0.05) is 0 Å². The summed E-state index contributed by atoms with van der Waals surface area (Å²) < 4.78 is 10.6. The van der Waals surface area contributed by atoms with E-state index in [0.29, 0.717) is 17.0 Å². The van der Waals surface area contributed by atoms with Gasteiger partial charge in [-0.3, -0.25) is 4.79 Å². The van der Waals surface area contributed by atoms with Crippen molar-refractivity contribution >= 4 is 21.8 Å². The van der Waals surface area contributed by atoms with Gasteiger partial charge in [0.25, 0.3) is 5.91 Å². The zero-order chi connectivity index (χ0) is 11.1. The van der Waals surface area contributed by atoms with Gasteiger partial charge in [-0.25, -0.2) is 0 Å². The van der Waals surface area contributed by atoms with Crippen molar-refractivity contribution in [1.29, 1.82) is 0 Å².